The lowest BCUT2D eigenvalue weighted by Gasteiger charge is -2.35. The molecule has 3 rings (SSSR count). The van der Waals surface area contributed by atoms with Gasteiger partial charge in [-0.05, 0) is 44.5 Å². The third-order valence-corrected chi connectivity index (χ3v) is 5.98. The maximum atomic E-state index is 13.3. The van der Waals surface area contributed by atoms with Crippen LogP contribution in [0.1, 0.15) is 20.3 Å². The van der Waals surface area contributed by atoms with E-state index in [1.165, 1.54) is 12.3 Å². The number of pyridine rings is 1. The summed E-state index contributed by atoms with van der Waals surface area (Å²) in [5.74, 6) is -1.19. The highest BCUT2D eigenvalue weighted by Crippen LogP contribution is 2.19. The van der Waals surface area contributed by atoms with Crippen molar-refractivity contribution in [1.29, 1.82) is 0 Å². The predicted molar refractivity (Wildman–Crippen MR) is 111 cm³/mol. The van der Waals surface area contributed by atoms with Gasteiger partial charge in [0.1, 0.15) is 22.3 Å². The maximum absolute atomic E-state index is 13.3. The first-order chi connectivity index (χ1) is 14.2. The monoisotopic (exact) mass is 440 g/mol. The van der Waals surface area contributed by atoms with Crippen LogP contribution < -0.4 is 10.0 Å². The lowest BCUT2D eigenvalue weighted by molar-refractivity contribution is -0.0678. The third-order valence-electron chi connectivity index (χ3n) is 4.61. The van der Waals surface area contributed by atoms with Gasteiger partial charge in [-0.15, -0.1) is 0 Å². The Morgan fingerprint density at radius 3 is 2.40 bits per heavy atom. The summed E-state index contributed by atoms with van der Waals surface area (Å²) < 4.78 is 59.2. The molecular weight excluding hydrogens is 414 g/mol. The van der Waals surface area contributed by atoms with Gasteiger partial charge in [0, 0.05) is 38.4 Å². The van der Waals surface area contributed by atoms with Crippen molar-refractivity contribution in [3.8, 4) is 0 Å². The van der Waals surface area contributed by atoms with E-state index in [0.717, 1.165) is 38.2 Å². The zero-order valence-corrected chi connectivity index (χ0v) is 17.8. The quantitative estimate of drug-likeness (QED) is 0.614. The number of sulfonamides is 1. The Kier molecular flexibility index (Phi) is 7.22. The van der Waals surface area contributed by atoms with E-state index in [-0.39, 0.29) is 22.8 Å². The molecule has 1 saturated heterocycles. The first-order valence-electron chi connectivity index (χ1n) is 9.78. The minimum atomic E-state index is -4.01. The van der Waals surface area contributed by atoms with Crippen molar-refractivity contribution in [1.82, 2.24) is 9.88 Å². The number of nitrogens with zero attached hydrogens (tertiary/aromatic N) is 2. The Balaban J connectivity index is 1.50. The van der Waals surface area contributed by atoms with E-state index in [9.17, 15) is 17.2 Å². The number of aromatic nitrogens is 1. The molecule has 30 heavy (non-hydrogen) atoms. The molecule has 0 amide bonds. The fourth-order valence-electron chi connectivity index (χ4n) is 3.46. The van der Waals surface area contributed by atoms with Gasteiger partial charge in [0.15, 0.2) is 0 Å². The second-order valence-electron chi connectivity index (χ2n) is 7.44. The van der Waals surface area contributed by atoms with Gasteiger partial charge in [-0.3, -0.25) is 9.62 Å². The van der Waals surface area contributed by atoms with Crippen LogP contribution in [0.25, 0.3) is 0 Å². The number of anilines is 2. The van der Waals surface area contributed by atoms with E-state index in [1.54, 1.807) is 6.07 Å². The molecule has 2 atom stereocenters. The summed E-state index contributed by atoms with van der Waals surface area (Å²) in [6, 6.07) is 5.41. The largest absolute Gasteiger partial charge is 0.373 e. The van der Waals surface area contributed by atoms with Gasteiger partial charge in [-0.2, -0.15) is 0 Å². The molecule has 2 N–H and O–H groups in total. The van der Waals surface area contributed by atoms with Crippen molar-refractivity contribution in [3.05, 3.63) is 48.2 Å². The normalized spacial score (nSPS) is 20.1. The van der Waals surface area contributed by atoms with E-state index < -0.39 is 21.7 Å². The van der Waals surface area contributed by atoms with Gasteiger partial charge in [-0.1, -0.05) is 0 Å². The van der Waals surface area contributed by atoms with Crippen LogP contribution in [0.4, 0.5) is 20.3 Å². The molecule has 2 aromatic rings. The first-order valence-corrected chi connectivity index (χ1v) is 11.3. The Morgan fingerprint density at radius 1 is 1.13 bits per heavy atom. The molecule has 1 aliphatic rings. The maximum Gasteiger partial charge on any atom is 0.263 e. The van der Waals surface area contributed by atoms with Crippen molar-refractivity contribution in [3.63, 3.8) is 0 Å². The highest BCUT2D eigenvalue weighted by molar-refractivity contribution is 7.92. The average molecular weight is 441 g/mol. The summed E-state index contributed by atoms with van der Waals surface area (Å²) in [7, 11) is -4.01. The topological polar surface area (TPSA) is 83.6 Å². The molecule has 0 spiro atoms. The van der Waals surface area contributed by atoms with E-state index in [2.05, 4.69) is 33.8 Å². The van der Waals surface area contributed by atoms with Crippen molar-refractivity contribution in [2.45, 2.75) is 37.4 Å². The highest BCUT2D eigenvalue weighted by Gasteiger charge is 2.21. The van der Waals surface area contributed by atoms with Gasteiger partial charge < -0.3 is 10.1 Å². The lowest BCUT2D eigenvalue weighted by atomic mass is 10.2. The summed E-state index contributed by atoms with van der Waals surface area (Å²) in [4.78, 5) is 6.38. The zero-order chi connectivity index (χ0) is 21.7. The molecule has 1 fully saturated rings. The Hall–Kier alpha value is -2.30. The minimum Gasteiger partial charge on any atom is -0.373 e. The molecule has 10 heteroatoms. The molecular formula is C20H26F2N4O3S. The molecule has 0 radical (unpaired) electrons. The van der Waals surface area contributed by atoms with Gasteiger partial charge in [-0.25, -0.2) is 22.2 Å². The van der Waals surface area contributed by atoms with Crippen LogP contribution in [0.3, 0.4) is 0 Å². The molecule has 7 nitrogen and oxygen atoms in total. The van der Waals surface area contributed by atoms with Crippen LogP contribution in [0.5, 0.6) is 0 Å². The Bertz CT molecular complexity index is 927. The summed E-state index contributed by atoms with van der Waals surface area (Å²) in [6.07, 6.45) is 2.57. The van der Waals surface area contributed by atoms with Crippen LogP contribution in [0, 0.1) is 11.6 Å². The summed E-state index contributed by atoms with van der Waals surface area (Å²) in [5.41, 5.74) is -0.193. The molecule has 1 aromatic carbocycles. The smallest absolute Gasteiger partial charge is 0.263 e. The average Bonchev–Trinajstić information content (AvgIpc) is 2.63. The highest BCUT2D eigenvalue weighted by atomic mass is 32.2. The second-order valence-corrected chi connectivity index (χ2v) is 9.12. The number of nitrogens with one attached hydrogen (secondary N) is 2. The third kappa shape index (κ3) is 6.35. The summed E-state index contributed by atoms with van der Waals surface area (Å²) >= 11 is 0. The van der Waals surface area contributed by atoms with Crippen molar-refractivity contribution >= 4 is 21.5 Å². The molecule has 2 unspecified atom stereocenters. The number of hydrogen-bond donors (Lipinski definition) is 2. The van der Waals surface area contributed by atoms with Crippen LogP contribution in [-0.2, 0) is 14.8 Å². The van der Waals surface area contributed by atoms with Crippen molar-refractivity contribution in [2.75, 3.05) is 36.2 Å². The molecule has 1 aromatic heterocycles. The van der Waals surface area contributed by atoms with Gasteiger partial charge in [0.05, 0.1) is 17.9 Å². The molecule has 0 bridgehead atoms. The lowest BCUT2D eigenvalue weighted by Crippen LogP contribution is -2.45. The van der Waals surface area contributed by atoms with Gasteiger partial charge in [0.25, 0.3) is 10.0 Å². The predicted octanol–water partition coefficient (Wildman–Crippen LogP) is 3.07. The minimum absolute atomic E-state index is 0.103. The van der Waals surface area contributed by atoms with Crippen molar-refractivity contribution < 1.29 is 21.9 Å². The molecule has 1 aliphatic heterocycles. The fourth-order valence-corrected chi connectivity index (χ4v) is 4.44. The molecule has 0 saturated carbocycles. The van der Waals surface area contributed by atoms with Crippen LogP contribution >= 0.6 is 0 Å². The number of morpholine rings is 1. The zero-order valence-electron chi connectivity index (χ0n) is 16.9. The van der Waals surface area contributed by atoms with Crippen molar-refractivity contribution in [2.24, 2.45) is 0 Å². The molecule has 0 aliphatic carbocycles. The summed E-state index contributed by atoms with van der Waals surface area (Å²) in [6.45, 7) is 7.60. The van der Waals surface area contributed by atoms with Gasteiger partial charge in [0.2, 0.25) is 0 Å². The number of ether oxygens (including phenoxy) is 1. The number of benzene rings is 1. The van der Waals surface area contributed by atoms with E-state index >= 15 is 0 Å². The molecule has 164 valence electrons. The Labute approximate surface area is 175 Å². The number of hydrogen-bond acceptors (Lipinski definition) is 6. The van der Waals surface area contributed by atoms with E-state index in [4.69, 9.17) is 4.74 Å². The van der Waals surface area contributed by atoms with Gasteiger partial charge >= 0.3 is 0 Å². The number of halogens is 2. The summed E-state index contributed by atoms with van der Waals surface area (Å²) in [5, 5.41) is 3.17. The van der Waals surface area contributed by atoms with Crippen LogP contribution in [0.15, 0.2) is 41.4 Å². The Morgan fingerprint density at radius 2 is 1.80 bits per heavy atom. The molecule has 2 heterocycles. The fraction of sp³-hybridized carbons (Fsp3) is 0.450. The van der Waals surface area contributed by atoms with Crippen LogP contribution in [-0.4, -0.2) is 56.7 Å². The SMILES string of the molecule is CC1CN(CCCNc2ccc(S(=O)(=O)Nc3cc(F)cc(F)c3)cn2)CC(C)O1. The second kappa shape index (κ2) is 9.67. The first kappa shape index (κ1) is 22.4. The van der Waals surface area contributed by atoms with Crippen LogP contribution in [0.2, 0.25) is 0 Å². The standard InChI is InChI=1S/C20H26F2N4O3S/c1-14-12-26(13-15(2)29-14)7-3-6-23-20-5-4-19(11-24-20)30(27,28)25-18-9-16(21)8-17(22)10-18/h4-5,8-11,14-15,25H,3,6-7,12-13H2,1-2H3,(H,23,24). The van der Waals surface area contributed by atoms with E-state index in [0.29, 0.717) is 18.4 Å². The number of rotatable bonds is 8. The van der Waals surface area contributed by atoms with E-state index in [1.807, 2.05) is 0 Å².